The summed E-state index contributed by atoms with van der Waals surface area (Å²) in [6, 6.07) is 7.83. The van der Waals surface area contributed by atoms with Crippen LogP contribution in [0.4, 0.5) is 14.6 Å². The number of aromatic nitrogens is 3. The van der Waals surface area contributed by atoms with E-state index in [1.54, 1.807) is 18.2 Å². The minimum Gasteiger partial charge on any atom is -0.391 e. The van der Waals surface area contributed by atoms with E-state index in [0.29, 0.717) is 48.8 Å². The summed E-state index contributed by atoms with van der Waals surface area (Å²) in [5.74, 6) is -1.39. The fourth-order valence-corrected chi connectivity index (χ4v) is 5.07. The number of ether oxygens (including phenoxy) is 2. The first-order chi connectivity index (χ1) is 18.4. The molecule has 5 heterocycles. The van der Waals surface area contributed by atoms with E-state index in [2.05, 4.69) is 15.0 Å². The second kappa shape index (κ2) is 9.75. The Morgan fingerprint density at radius 2 is 1.95 bits per heavy atom. The minimum atomic E-state index is -0.796. The van der Waals surface area contributed by atoms with Gasteiger partial charge in [0.15, 0.2) is 0 Å². The van der Waals surface area contributed by atoms with Gasteiger partial charge in [0.2, 0.25) is 0 Å². The molecule has 1 aromatic carbocycles. The van der Waals surface area contributed by atoms with Crippen molar-refractivity contribution < 1.29 is 28.2 Å². The number of carbonyl (C=O) groups excluding carboxylic acids is 1. The molecule has 1 fully saturated rings. The standard InChI is InChI=1S/C27H25F2N5O4/c28-18-2-1-3-19(29)24(18)14-4-5-15(31-9-14)10-34(22-13-37-7-6-23(22)35)27(36)21-8-20-25(32-21)16-11-38-12-17(16)26(30)33-20/h1-5,8-9,22-23,32,35H,6-7,10-13H2,(H2,30,33)/t22-,23-/m1/s1. The molecule has 38 heavy (non-hydrogen) atoms. The van der Waals surface area contributed by atoms with Crippen LogP contribution in [0.25, 0.3) is 22.2 Å². The Morgan fingerprint density at radius 3 is 2.68 bits per heavy atom. The highest BCUT2D eigenvalue weighted by molar-refractivity contribution is 5.98. The molecule has 1 amide bonds. The van der Waals surface area contributed by atoms with Crippen LogP contribution in [-0.2, 0) is 29.2 Å². The minimum absolute atomic E-state index is 0.0378. The first-order valence-corrected chi connectivity index (χ1v) is 12.2. The molecule has 9 nitrogen and oxygen atoms in total. The van der Waals surface area contributed by atoms with E-state index in [4.69, 9.17) is 15.2 Å². The van der Waals surface area contributed by atoms with Crippen LogP contribution in [0, 0.1) is 11.6 Å². The zero-order chi connectivity index (χ0) is 26.4. The number of hydrogen-bond donors (Lipinski definition) is 3. The maximum atomic E-state index is 14.2. The molecule has 2 aliphatic rings. The SMILES string of the molecule is Nc1nc2cc(C(=O)N(Cc3ccc(-c4c(F)cccc4F)cn3)[C@@H]3COCC[C@H]3O)[nH]c2c2c1COC2. The van der Waals surface area contributed by atoms with Gasteiger partial charge in [0.25, 0.3) is 5.91 Å². The average molecular weight is 522 g/mol. The van der Waals surface area contributed by atoms with Gasteiger partial charge in [0.1, 0.15) is 23.1 Å². The molecule has 0 aliphatic carbocycles. The smallest absolute Gasteiger partial charge is 0.271 e. The first kappa shape index (κ1) is 24.4. The predicted octanol–water partition coefficient (Wildman–Crippen LogP) is 3.31. The second-order valence-corrected chi connectivity index (χ2v) is 9.46. The quantitative estimate of drug-likeness (QED) is 0.368. The summed E-state index contributed by atoms with van der Waals surface area (Å²) in [5.41, 5.74) is 9.86. The third-order valence-corrected chi connectivity index (χ3v) is 7.10. The monoisotopic (exact) mass is 521 g/mol. The van der Waals surface area contributed by atoms with Crippen LogP contribution in [0.2, 0.25) is 0 Å². The van der Waals surface area contributed by atoms with Crippen molar-refractivity contribution in [3.05, 3.63) is 76.7 Å². The number of nitrogen functional groups attached to an aromatic ring is 1. The highest BCUT2D eigenvalue weighted by atomic mass is 19.1. The van der Waals surface area contributed by atoms with Crippen LogP contribution < -0.4 is 5.73 Å². The number of aliphatic hydroxyl groups excluding tert-OH is 1. The summed E-state index contributed by atoms with van der Waals surface area (Å²) in [5, 5.41) is 10.7. The summed E-state index contributed by atoms with van der Waals surface area (Å²) in [4.78, 5) is 27.3. The third kappa shape index (κ3) is 4.28. The summed E-state index contributed by atoms with van der Waals surface area (Å²) >= 11 is 0. The summed E-state index contributed by atoms with van der Waals surface area (Å²) < 4.78 is 39.6. The average Bonchev–Trinajstić information content (AvgIpc) is 3.56. The number of H-pyrrole nitrogens is 1. The highest BCUT2D eigenvalue weighted by Crippen LogP contribution is 2.32. The lowest BCUT2D eigenvalue weighted by Gasteiger charge is -2.37. The third-order valence-electron chi connectivity index (χ3n) is 7.10. The van der Waals surface area contributed by atoms with Crippen molar-refractivity contribution in [1.29, 1.82) is 0 Å². The predicted molar refractivity (Wildman–Crippen MR) is 134 cm³/mol. The van der Waals surface area contributed by atoms with Crippen LogP contribution in [0.1, 0.15) is 33.7 Å². The van der Waals surface area contributed by atoms with Gasteiger partial charge >= 0.3 is 0 Å². The Morgan fingerprint density at radius 1 is 1.16 bits per heavy atom. The van der Waals surface area contributed by atoms with Gasteiger partial charge in [-0.3, -0.25) is 9.78 Å². The molecule has 0 spiro atoms. The number of hydrogen-bond acceptors (Lipinski definition) is 7. The number of halogens is 2. The van der Waals surface area contributed by atoms with Crippen molar-refractivity contribution in [3.63, 3.8) is 0 Å². The van der Waals surface area contributed by atoms with Gasteiger partial charge in [0.05, 0.1) is 60.8 Å². The normalized spacial score (nSPS) is 19.0. The lowest BCUT2D eigenvalue weighted by atomic mass is 10.0. The van der Waals surface area contributed by atoms with E-state index < -0.39 is 23.8 Å². The lowest BCUT2D eigenvalue weighted by Crippen LogP contribution is -2.52. The largest absolute Gasteiger partial charge is 0.391 e. The fraction of sp³-hybridized carbons (Fsp3) is 0.296. The number of nitrogens with zero attached hydrogens (tertiary/aromatic N) is 3. The van der Waals surface area contributed by atoms with Crippen molar-refractivity contribution in [1.82, 2.24) is 19.9 Å². The van der Waals surface area contributed by atoms with Crippen LogP contribution in [0.5, 0.6) is 0 Å². The van der Waals surface area contributed by atoms with E-state index in [1.807, 2.05) is 0 Å². The lowest BCUT2D eigenvalue weighted by molar-refractivity contribution is -0.0552. The number of benzene rings is 1. The second-order valence-electron chi connectivity index (χ2n) is 9.46. The molecule has 11 heteroatoms. The molecule has 4 N–H and O–H groups in total. The van der Waals surface area contributed by atoms with E-state index >= 15 is 0 Å². The fourth-order valence-electron chi connectivity index (χ4n) is 5.07. The van der Waals surface area contributed by atoms with Crippen LogP contribution in [0.3, 0.4) is 0 Å². The van der Waals surface area contributed by atoms with E-state index in [0.717, 1.165) is 11.1 Å². The molecular weight excluding hydrogens is 496 g/mol. The number of fused-ring (bicyclic) bond motifs is 3. The number of aromatic amines is 1. The van der Waals surface area contributed by atoms with Crippen molar-refractivity contribution >= 4 is 22.8 Å². The number of nitrogens with two attached hydrogens (primary N) is 1. The number of rotatable bonds is 5. The van der Waals surface area contributed by atoms with Gasteiger partial charge in [-0.05, 0) is 30.7 Å². The number of aliphatic hydroxyl groups is 1. The molecule has 4 aromatic rings. The number of carbonyl (C=O) groups is 1. The molecule has 3 aromatic heterocycles. The van der Waals surface area contributed by atoms with Crippen molar-refractivity contribution in [3.8, 4) is 11.1 Å². The van der Waals surface area contributed by atoms with Crippen molar-refractivity contribution in [2.24, 2.45) is 0 Å². The maximum Gasteiger partial charge on any atom is 0.271 e. The van der Waals surface area contributed by atoms with E-state index in [-0.39, 0.29) is 35.9 Å². The molecule has 1 saturated heterocycles. The Labute approximate surface area is 216 Å². The molecule has 0 bridgehead atoms. The zero-order valence-corrected chi connectivity index (χ0v) is 20.3. The molecule has 2 aliphatic heterocycles. The Hall–Kier alpha value is -3.93. The van der Waals surface area contributed by atoms with Crippen LogP contribution in [-0.4, -0.2) is 56.2 Å². The Bertz CT molecular complexity index is 1500. The molecule has 6 rings (SSSR count). The maximum absolute atomic E-state index is 14.2. The highest BCUT2D eigenvalue weighted by Gasteiger charge is 2.34. The number of amides is 1. The van der Waals surface area contributed by atoms with E-state index in [1.165, 1.54) is 29.3 Å². The molecule has 0 saturated carbocycles. The number of nitrogens with one attached hydrogen (secondary N) is 1. The van der Waals surface area contributed by atoms with Gasteiger partial charge < -0.3 is 30.2 Å². The molecule has 196 valence electrons. The summed E-state index contributed by atoms with van der Waals surface area (Å²) in [6.07, 6.45) is 0.949. The van der Waals surface area contributed by atoms with Gasteiger partial charge in [-0.2, -0.15) is 0 Å². The molecular formula is C27H25F2N5O4. The first-order valence-electron chi connectivity index (χ1n) is 12.2. The number of pyridine rings is 2. The van der Waals surface area contributed by atoms with Gasteiger partial charge in [-0.1, -0.05) is 12.1 Å². The zero-order valence-electron chi connectivity index (χ0n) is 20.3. The molecule has 2 atom stereocenters. The van der Waals surface area contributed by atoms with Crippen LogP contribution in [0.15, 0.2) is 42.6 Å². The summed E-state index contributed by atoms with van der Waals surface area (Å²) in [7, 11) is 0. The van der Waals surface area contributed by atoms with Gasteiger partial charge in [-0.15, -0.1) is 0 Å². The Balaban J connectivity index is 1.33. The van der Waals surface area contributed by atoms with Crippen molar-refractivity contribution in [2.75, 3.05) is 18.9 Å². The Kier molecular flexibility index (Phi) is 6.26. The number of anilines is 1. The van der Waals surface area contributed by atoms with Crippen LogP contribution >= 0.6 is 0 Å². The topological polar surface area (TPSA) is 127 Å². The molecule has 0 unspecified atom stereocenters. The van der Waals surface area contributed by atoms with Gasteiger partial charge in [0, 0.05) is 29.5 Å². The molecule has 0 radical (unpaired) electrons. The van der Waals surface area contributed by atoms with Crippen molar-refractivity contribution in [2.45, 2.75) is 38.3 Å². The van der Waals surface area contributed by atoms with E-state index in [9.17, 15) is 18.7 Å². The summed E-state index contributed by atoms with van der Waals surface area (Å²) in [6.45, 7) is 1.31. The van der Waals surface area contributed by atoms with Gasteiger partial charge in [-0.25, -0.2) is 13.8 Å².